The van der Waals surface area contributed by atoms with Crippen molar-refractivity contribution in [3.05, 3.63) is 54.4 Å². The molecule has 1 unspecified atom stereocenters. The first-order valence-electron chi connectivity index (χ1n) is 9.93. The van der Waals surface area contributed by atoms with Crippen molar-refractivity contribution in [3.63, 3.8) is 0 Å². The smallest absolute Gasteiger partial charge is 0.261 e. The Bertz CT molecular complexity index is 921. The van der Waals surface area contributed by atoms with Crippen LogP contribution in [0, 0.1) is 0 Å². The number of pyridine rings is 1. The van der Waals surface area contributed by atoms with Crippen LogP contribution < -0.4 is 10.2 Å². The van der Waals surface area contributed by atoms with Crippen LogP contribution in [0.2, 0.25) is 0 Å². The molecular weight excluding hydrogens is 420 g/mol. The van der Waals surface area contributed by atoms with E-state index in [-0.39, 0.29) is 17.9 Å². The minimum atomic E-state index is -4.06. The number of rotatable bonds is 12. The van der Waals surface area contributed by atoms with Crippen molar-refractivity contribution < 1.29 is 23.2 Å². The summed E-state index contributed by atoms with van der Waals surface area (Å²) in [4.78, 5) is 18.6. The zero-order valence-electron chi connectivity index (χ0n) is 18.1. The molecule has 2 rings (SSSR count). The van der Waals surface area contributed by atoms with Gasteiger partial charge >= 0.3 is 0 Å². The van der Waals surface area contributed by atoms with Gasteiger partial charge in [-0.3, -0.25) is 15.0 Å². The average Bonchev–Trinajstić information content (AvgIpc) is 2.78. The van der Waals surface area contributed by atoms with E-state index in [1.165, 1.54) is 19.2 Å². The molecule has 10 heteroatoms. The second-order valence-corrected chi connectivity index (χ2v) is 9.27. The molecule has 31 heavy (non-hydrogen) atoms. The van der Waals surface area contributed by atoms with Crippen LogP contribution in [0.5, 0.6) is 5.75 Å². The molecular formula is C21H30N4O5S. The maximum Gasteiger partial charge on any atom is 0.261 e. The number of methoxy groups -OCH3 is 1. The normalized spacial score (nSPS) is 12.7. The first-order valence-corrected chi connectivity index (χ1v) is 11.4. The standard InChI is InChI=1S/C21H30N4O5S/c1-24(2)14-5-4-8-20(21(26)23-27)25(16-17-7-6-13-22-15-17)31(28,29)19-11-9-18(30-3)10-12-19/h6-7,9-13,15,20,27H,4-5,8,14,16H2,1-3H3,(H,23,26). The Morgan fingerprint density at radius 2 is 1.90 bits per heavy atom. The lowest BCUT2D eigenvalue weighted by molar-refractivity contribution is -0.133. The summed E-state index contributed by atoms with van der Waals surface area (Å²) in [6, 6.07) is 8.32. The number of sulfonamides is 1. The number of carbonyl (C=O) groups is 1. The monoisotopic (exact) mass is 450 g/mol. The van der Waals surface area contributed by atoms with Gasteiger partial charge in [-0.05, 0) is 69.4 Å². The fourth-order valence-corrected chi connectivity index (χ4v) is 4.77. The Labute approximate surface area is 183 Å². The van der Waals surface area contributed by atoms with Crippen molar-refractivity contribution in [2.45, 2.75) is 36.7 Å². The fraction of sp³-hybridized carbons (Fsp3) is 0.429. The van der Waals surface area contributed by atoms with E-state index in [1.54, 1.807) is 42.1 Å². The summed E-state index contributed by atoms with van der Waals surface area (Å²) in [6.07, 6.45) is 4.79. The van der Waals surface area contributed by atoms with Crippen LogP contribution in [0.1, 0.15) is 24.8 Å². The molecule has 2 aromatic rings. The van der Waals surface area contributed by atoms with Crippen LogP contribution in [-0.4, -0.2) is 67.5 Å². The molecule has 9 nitrogen and oxygen atoms in total. The minimum absolute atomic E-state index is 0.0289. The number of hydroxylamine groups is 1. The Morgan fingerprint density at radius 1 is 1.19 bits per heavy atom. The maximum absolute atomic E-state index is 13.5. The van der Waals surface area contributed by atoms with Crippen LogP contribution in [0.4, 0.5) is 0 Å². The number of carbonyl (C=O) groups excluding carboxylic acids is 1. The molecule has 0 fully saturated rings. The van der Waals surface area contributed by atoms with Gasteiger partial charge in [0.05, 0.1) is 12.0 Å². The highest BCUT2D eigenvalue weighted by molar-refractivity contribution is 7.89. The second kappa shape index (κ2) is 11.8. The fourth-order valence-electron chi connectivity index (χ4n) is 3.16. The molecule has 1 aromatic carbocycles. The van der Waals surface area contributed by atoms with Gasteiger partial charge in [0.1, 0.15) is 11.8 Å². The Morgan fingerprint density at radius 3 is 2.45 bits per heavy atom. The van der Waals surface area contributed by atoms with Crippen LogP contribution in [0.3, 0.4) is 0 Å². The molecule has 1 heterocycles. The molecule has 0 radical (unpaired) electrons. The Balaban J connectivity index is 2.40. The van der Waals surface area contributed by atoms with E-state index in [9.17, 15) is 18.4 Å². The molecule has 0 aliphatic heterocycles. The molecule has 0 bridgehead atoms. The van der Waals surface area contributed by atoms with E-state index in [0.717, 1.165) is 17.3 Å². The summed E-state index contributed by atoms with van der Waals surface area (Å²) in [5, 5.41) is 9.31. The number of hydrogen-bond acceptors (Lipinski definition) is 7. The van der Waals surface area contributed by atoms with Crippen molar-refractivity contribution in [1.29, 1.82) is 0 Å². The molecule has 0 aliphatic rings. The Kier molecular flexibility index (Phi) is 9.38. The number of nitrogens with zero attached hydrogens (tertiary/aromatic N) is 3. The molecule has 0 spiro atoms. The summed E-state index contributed by atoms with van der Waals surface area (Å²) < 4.78 is 33.3. The quantitative estimate of drug-likeness (QED) is 0.288. The summed E-state index contributed by atoms with van der Waals surface area (Å²) in [5.74, 6) is -0.253. The van der Waals surface area contributed by atoms with Crippen LogP contribution in [0.15, 0.2) is 53.7 Å². The minimum Gasteiger partial charge on any atom is -0.497 e. The highest BCUT2D eigenvalue weighted by Gasteiger charge is 2.35. The van der Waals surface area contributed by atoms with Gasteiger partial charge in [-0.1, -0.05) is 12.5 Å². The molecule has 1 amide bonds. The van der Waals surface area contributed by atoms with E-state index in [0.29, 0.717) is 17.7 Å². The lowest BCUT2D eigenvalue weighted by atomic mass is 10.1. The summed E-state index contributed by atoms with van der Waals surface area (Å²) in [6.45, 7) is 0.745. The SMILES string of the molecule is COc1ccc(S(=O)(=O)N(Cc2cccnc2)C(CCCCN(C)C)C(=O)NO)cc1. The lowest BCUT2D eigenvalue weighted by Gasteiger charge is -2.29. The van der Waals surface area contributed by atoms with Crippen molar-refractivity contribution in [1.82, 2.24) is 19.7 Å². The van der Waals surface area contributed by atoms with Gasteiger partial charge in [0.2, 0.25) is 10.0 Å². The highest BCUT2D eigenvalue weighted by Crippen LogP contribution is 2.25. The predicted octanol–water partition coefficient (Wildman–Crippen LogP) is 1.89. The maximum atomic E-state index is 13.5. The zero-order valence-corrected chi connectivity index (χ0v) is 18.9. The first kappa shape index (κ1) is 24.7. The van der Waals surface area contributed by atoms with E-state index >= 15 is 0 Å². The van der Waals surface area contributed by atoms with Gasteiger partial charge in [0.15, 0.2) is 0 Å². The lowest BCUT2D eigenvalue weighted by Crippen LogP contribution is -2.48. The average molecular weight is 451 g/mol. The number of aromatic nitrogens is 1. The van der Waals surface area contributed by atoms with Crippen molar-refractivity contribution in [3.8, 4) is 5.75 Å². The second-order valence-electron chi connectivity index (χ2n) is 7.38. The number of hydrogen-bond donors (Lipinski definition) is 2. The molecule has 0 aliphatic carbocycles. The summed E-state index contributed by atoms with van der Waals surface area (Å²) >= 11 is 0. The van der Waals surface area contributed by atoms with Gasteiger partial charge in [-0.15, -0.1) is 0 Å². The molecule has 2 N–H and O–H groups in total. The molecule has 0 saturated carbocycles. The number of amides is 1. The predicted molar refractivity (Wildman–Crippen MR) is 116 cm³/mol. The van der Waals surface area contributed by atoms with Crippen LogP contribution in [-0.2, 0) is 21.4 Å². The van der Waals surface area contributed by atoms with E-state index in [4.69, 9.17) is 4.74 Å². The summed E-state index contributed by atoms with van der Waals surface area (Å²) in [5.41, 5.74) is 2.26. The van der Waals surface area contributed by atoms with Crippen molar-refractivity contribution in [2.24, 2.45) is 0 Å². The van der Waals surface area contributed by atoms with Crippen molar-refractivity contribution >= 4 is 15.9 Å². The molecule has 170 valence electrons. The van der Waals surface area contributed by atoms with Gasteiger partial charge in [-0.2, -0.15) is 4.31 Å². The third kappa shape index (κ3) is 7.00. The number of nitrogens with one attached hydrogen (secondary N) is 1. The molecule has 1 atom stereocenters. The topological polar surface area (TPSA) is 112 Å². The van der Waals surface area contributed by atoms with E-state index in [1.807, 2.05) is 19.0 Å². The zero-order chi connectivity index (χ0) is 22.9. The van der Waals surface area contributed by atoms with Crippen LogP contribution >= 0.6 is 0 Å². The van der Waals surface area contributed by atoms with Gasteiger partial charge in [0.25, 0.3) is 5.91 Å². The van der Waals surface area contributed by atoms with E-state index < -0.39 is 22.0 Å². The largest absolute Gasteiger partial charge is 0.497 e. The van der Waals surface area contributed by atoms with Crippen LogP contribution in [0.25, 0.3) is 0 Å². The summed E-state index contributed by atoms with van der Waals surface area (Å²) in [7, 11) is 1.32. The van der Waals surface area contributed by atoms with Gasteiger partial charge in [0, 0.05) is 18.9 Å². The van der Waals surface area contributed by atoms with E-state index in [2.05, 4.69) is 4.98 Å². The number of ether oxygens (including phenoxy) is 1. The van der Waals surface area contributed by atoms with Gasteiger partial charge in [-0.25, -0.2) is 13.9 Å². The van der Waals surface area contributed by atoms with Crippen molar-refractivity contribution in [2.75, 3.05) is 27.7 Å². The number of unbranched alkanes of at least 4 members (excludes halogenated alkanes) is 1. The third-order valence-corrected chi connectivity index (χ3v) is 6.69. The molecule has 0 saturated heterocycles. The first-order chi connectivity index (χ1) is 14.8. The number of benzene rings is 1. The Hall–Kier alpha value is -2.53. The molecule has 1 aromatic heterocycles. The third-order valence-electron chi connectivity index (χ3n) is 4.82. The van der Waals surface area contributed by atoms with Gasteiger partial charge < -0.3 is 9.64 Å². The highest BCUT2D eigenvalue weighted by atomic mass is 32.2.